The van der Waals surface area contributed by atoms with E-state index in [1.54, 1.807) is 7.11 Å². The van der Waals surface area contributed by atoms with Crippen molar-refractivity contribution in [2.45, 2.75) is 45.3 Å². The minimum Gasteiger partial charge on any atom is -0.497 e. The van der Waals surface area contributed by atoms with Crippen LogP contribution in [0.3, 0.4) is 0 Å². The second kappa shape index (κ2) is 9.46. The highest BCUT2D eigenvalue weighted by molar-refractivity contribution is 5.82. The maximum Gasteiger partial charge on any atom is 0.258 e. The topological polar surface area (TPSA) is 83.8 Å². The minimum absolute atomic E-state index is 0.0162. The highest BCUT2D eigenvalue weighted by Gasteiger charge is 2.55. The van der Waals surface area contributed by atoms with E-state index in [4.69, 9.17) is 4.74 Å². The summed E-state index contributed by atoms with van der Waals surface area (Å²) in [5.41, 5.74) is 2.41. The SMILES string of the molecule is CCCNC(=O)[C@H]1[C@H](CO)[C@H]2Cn3c(ccc(-c4ccc(OC)cc4)c3=O)[C@H]2N1CCC. The van der Waals surface area contributed by atoms with Crippen molar-refractivity contribution in [2.75, 3.05) is 26.8 Å². The van der Waals surface area contributed by atoms with Crippen LogP contribution in [0, 0.1) is 11.8 Å². The van der Waals surface area contributed by atoms with Gasteiger partial charge >= 0.3 is 0 Å². The predicted molar refractivity (Wildman–Crippen MR) is 124 cm³/mol. The molecule has 2 aromatic rings. The summed E-state index contributed by atoms with van der Waals surface area (Å²) in [4.78, 5) is 28.7. The van der Waals surface area contributed by atoms with Crippen molar-refractivity contribution in [2.24, 2.45) is 11.8 Å². The number of carbonyl (C=O) groups is 1. The molecule has 2 aliphatic rings. The fourth-order valence-corrected chi connectivity index (χ4v) is 5.47. The number of aromatic nitrogens is 1. The number of likely N-dealkylation sites (tertiary alicyclic amines) is 1. The zero-order chi connectivity index (χ0) is 22.8. The molecule has 0 bridgehead atoms. The van der Waals surface area contributed by atoms with Crippen molar-refractivity contribution in [3.8, 4) is 16.9 Å². The van der Waals surface area contributed by atoms with Crippen LogP contribution < -0.4 is 15.6 Å². The molecule has 0 saturated carbocycles. The third-order valence-electron chi connectivity index (χ3n) is 6.89. The number of methoxy groups -OCH3 is 1. The van der Waals surface area contributed by atoms with Gasteiger partial charge in [0, 0.05) is 42.8 Å². The average molecular weight is 440 g/mol. The number of nitrogens with one attached hydrogen (secondary N) is 1. The lowest BCUT2D eigenvalue weighted by molar-refractivity contribution is -0.127. The number of amides is 1. The van der Waals surface area contributed by atoms with Crippen LogP contribution in [0.15, 0.2) is 41.2 Å². The zero-order valence-electron chi connectivity index (χ0n) is 19.1. The summed E-state index contributed by atoms with van der Waals surface area (Å²) in [6, 6.07) is 11.0. The Hall–Kier alpha value is -2.64. The normalized spacial score (nSPS) is 24.2. The Morgan fingerprint density at radius 2 is 1.91 bits per heavy atom. The highest BCUT2D eigenvalue weighted by atomic mass is 16.5. The first-order valence-corrected chi connectivity index (χ1v) is 11.6. The number of nitrogens with zero attached hydrogens (tertiary/aromatic N) is 2. The molecule has 0 unspecified atom stereocenters. The van der Waals surface area contributed by atoms with Gasteiger partial charge in [0.1, 0.15) is 5.75 Å². The molecule has 2 N–H and O–H groups in total. The molecule has 4 atom stereocenters. The third kappa shape index (κ3) is 3.73. The van der Waals surface area contributed by atoms with Crippen LogP contribution in [0.25, 0.3) is 11.1 Å². The van der Waals surface area contributed by atoms with Crippen molar-refractivity contribution < 1.29 is 14.6 Å². The lowest BCUT2D eigenvalue weighted by Gasteiger charge is -2.30. The molecule has 1 saturated heterocycles. The minimum atomic E-state index is -0.369. The number of ether oxygens (including phenoxy) is 1. The summed E-state index contributed by atoms with van der Waals surface area (Å²) < 4.78 is 7.07. The van der Waals surface area contributed by atoms with E-state index in [-0.39, 0.29) is 42.0 Å². The number of aliphatic hydroxyl groups excluding tert-OH is 1. The molecule has 1 fully saturated rings. The third-order valence-corrected chi connectivity index (χ3v) is 6.89. The molecule has 1 amide bonds. The molecule has 172 valence electrons. The van der Waals surface area contributed by atoms with Crippen molar-refractivity contribution in [3.63, 3.8) is 0 Å². The molecular formula is C25H33N3O4. The van der Waals surface area contributed by atoms with Gasteiger partial charge in [0.25, 0.3) is 5.56 Å². The van der Waals surface area contributed by atoms with E-state index >= 15 is 0 Å². The monoisotopic (exact) mass is 439 g/mol. The van der Waals surface area contributed by atoms with Crippen LogP contribution in [-0.2, 0) is 11.3 Å². The van der Waals surface area contributed by atoms with E-state index in [9.17, 15) is 14.7 Å². The second-order valence-electron chi connectivity index (χ2n) is 8.74. The van der Waals surface area contributed by atoms with Gasteiger partial charge in [-0.25, -0.2) is 0 Å². The number of rotatable bonds is 8. The van der Waals surface area contributed by atoms with E-state index in [2.05, 4.69) is 17.1 Å². The number of hydrogen-bond donors (Lipinski definition) is 2. The van der Waals surface area contributed by atoms with Crippen LogP contribution in [0.5, 0.6) is 5.75 Å². The Kier molecular flexibility index (Phi) is 6.67. The molecule has 3 heterocycles. The quantitative estimate of drug-likeness (QED) is 0.660. The summed E-state index contributed by atoms with van der Waals surface area (Å²) in [6.07, 6.45) is 1.77. The fourth-order valence-electron chi connectivity index (χ4n) is 5.47. The Morgan fingerprint density at radius 1 is 1.16 bits per heavy atom. The number of benzene rings is 1. The molecule has 0 aliphatic carbocycles. The van der Waals surface area contributed by atoms with Gasteiger partial charge < -0.3 is 19.7 Å². The molecule has 0 spiro atoms. The van der Waals surface area contributed by atoms with Gasteiger partial charge in [0.2, 0.25) is 5.91 Å². The van der Waals surface area contributed by atoms with Crippen molar-refractivity contribution in [3.05, 3.63) is 52.4 Å². The van der Waals surface area contributed by atoms with Gasteiger partial charge in [-0.2, -0.15) is 0 Å². The molecule has 7 nitrogen and oxygen atoms in total. The summed E-state index contributed by atoms with van der Waals surface area (Å²) >= 11 is 0. The predicted octanol–water partition coefficient (Wildman–Crippen LogP) is 2.42. The molecule has 7 heteroatoms. The molecule has 0 radical (unpaired) electrons. The van der Waals surface area contributed by atoms with E-state index in [1.807, 2.05) is 47.9 Å². The Bertz CT molecular complexity index is 1020. The molecule has 1 aromatic heterocycles. The number of pyridine rings is 1. The second-order valence-corrected chi connectivity index (χ2v) is 8.74. The summed E-state index contributed by atoms with van der Waals surface area (Å²) in [7, 11) is 1.62. The highest BCUT2D eigenvalue weighted by Crippen LogP contribution is 2.49. The van der Waals surface area contributed by atoms with E-state index < -0.39 is 0 Å². The van der Waals surface area contributed by atoms with E-state index in [0.29, 0.717) is 18.7 Å². The van der Waals surface area contributed by atoms with E-state index in [1.165, 1.54) is 0 Å². The van der Waals surface area contributed by atoms with Crippen molar-refractivity contribution >= 4 is 5.91 Å². The van der Waals surface area contributed by atoms with Crippen molar-refractivity contribution in [1.82, 2.24) is 14.8 Å². The Labute approximate surface area is 189 Å². The van der Waals surface area contributed by atoms with Crippen LogP contribution in [0.1, 0.15) is 38.4 Å². The number of hydrogen-bond acceptors (Lipinski definition) is 5. The lowest BCUT2D eigenvalue weighted by atomic mass is 9.88. The standard InChI is InChI=1S/C25H33N3O4/c1-4-12-26-24(30)23-20(15-29)19-14-28-21(22(19)27(23)13-5-2)11-10-18(25(28)31)16-6-8-17(32-3)9-7-16/h6-11,19-20,22-23,29H,4-5,12-15H2,1-3H3,(H,26,30)/t19-,20-,22+,23-/m1/s1. The molecule has 4 rings (SSSR count). The smallest absolute Gasteiger partial charge is 0.258 e. The van der Waals surface area contributed by atoms with Gasteiger partial charge in [-0.3, -0.25) is 14.5 Å². The van der Waals surface area contributed by atoms with Crippen LogP contribution in [0.4, 0.5) is 0 Å². The summed E-state index contributed by atoms with van der Waals surface area (Å²) in [6.45, 7) is 5.95. The Morgan fingerprint density at radius 3 is 2.53 bits per heavy atom. The zero-order valence-corrected chi connectivity index (χ0v) is 19.1. The van der Waals surface area contributed by atoms with Gasteiger partial charge in [-0.15, -0.1) is 0 Å². The molecule has 32 heavy (non-hydrogen) atoms. The van der Waals surface area contributed by atoms with Gasteiger partial charge in [0.05, 0.1) is 19.2 Å². The molecular weight excluding hydrogens is 406 g/mol. The van der Waals surface area contributed by atoms with Crippen LogP contribution in [0.2, 0.25) is 0 Å². The van der Waals surface area contributed by atoms with Crippen molar-refractivity contribution in [1.29, 1.82) is 0 Å². The lowest BCUT2D eigenvalue weighted by Crippen LogP contribution is -2.48. The summed E-state index contributed by atoms with van der Waals surface area (Å²) in [5, 5.41) is 13.3. The maximum atomic E-state index is 13.4. The number of carbonyl (C=O) groups excluding carboxylic acids is 1. The van der Waals surface area contributed by atoms with Crippen LogP contribution in [-0.4, -0.2) is 53.3 Å². The Balaban J connectivity index is 1.71. The largest absolute Gasteiger partial charge is 0.497 e. The van der Waals surface area contributed by atoms with E-state index in [0.717, 1.165) is 36.4 Å². The number of aliphatic hydroxyl groups is 1. The maximum absolute atomic E-state index is 13.4. The first kappa shape index (κ1) is 22.6. The van der Waals surface area contributed by atoms with Crippen LogP contribution >= 0.6 is 0 Å². The molecule has 2 aliphatic heterocycles. The first-order chi connectivity index (χ1) is 15.5. The fraction of sp³-hybridized carbons (Fsp3) is 0.520. The summed E-state index contributed by atoms with van der Waals surface area (Å²) in [5.74, 6) is 0.560. The number of fused-ring (bicyclic) bond motifs is 3. The molecule has 1 aromatic carbocycles. The van der Waals surface area contributed by atoms with Gasteiger partial charge in [0.15, 0.2) is 0 Å². The average Bonchev–Trinajstić information content (AvgIpc) is 3.33. The van der Waals surface area contributed by atoms with Gasteiger partial charge in [-0.05, 0) is 49.2 Å². The first-order valence-electron chi connectivity index (χ1n) is 11.6. The van der Waals surface area contributed by atoms with Gasteiger partial charge in [-0.1, -0.05) is 26.0 Å².